The molecule has 0 bridgehead atoms. The topological polar surface area (TPSA) is 53.8 Å². The second-order valence-electron chi connectivity index (χ2n) is 6.93. The van der Waals surface area contributed by atoms with E-state index in [2.05, 4.69) is 0 Å². The molecule has 0 radical (unpaired) electrons. The lowest BCUT2D eigenvalue weighted by molar-refractivity contribution is 0.0716. The Hall–Kier alpha value is -2.63. The third kappa shape index (κ3) is 3.03. The van der Waals surface area contributed by atoms with Crippen LogP contribution in [-0.4, -0.2) is 42.9 Å². The molecule has 2 aromatic carbocycles. The number of hydrogen-bond acceptors (Lipinski definition) is 4. The minimum atomic E-state index is -0.465. The van der Waals surface area contributed by atoms with E-state index in [4.69, 9.17) is 16.0 Å². The van der Waals surface area contributed by atoms with Gasteiger partial charge in [0.15, 0.2) is 5.43 Å². The van der Waals surface area contributed by atoms with Crippen LogP contribution in [0, 0.1) is 0 Å². The molecule has 1 atom stereocenters. The second kappa shape index (κ2) is 6.83. The fourth-order valence-corrected chi connectivity index (χ4v) is 3.68. The molecule has 2 heterocycles. The molecule has 1 amide bonds. The van der Waals surface area contributed by atoms with Crippen molar-refractivity contribution >= 4 is 28.5 Å². The molecular weight excluding hydrogens is 364 g/mol. The maximum absolute atomic E-state index is 13.3. The van der Waals surface area contributed by atoms with Crippen LogP contribution in [-0.2, 0) is 0 Å². The van der Waals surface area contributed by atoms with Crippen LogP contribution in [0.4, 0.5) is 0 Å². The Morgan fingerprint density at radius 2 is 1.85 bits per heavy atom. The van der Waals surface area contributed by atoms with Gasteiger partial charge >= 0.3 is 0 Å². The zero-order chi connectivity index (χ0) is 19.1. The minimum absolute atomic E-state index is 0.127. The summed E-state index contributed by atoms with van der Waals surface area (Å²) in [5.41, 5.74) is 1.44. The zero-order valence-corrected chi connectivity index (χ0v) is 15.9. The fraction of sp³-hybridized carbons (Fsp3) is 0.238. The first kappa shape index (κ1) is 17.8. The lowest BCUT2D eigenvalue weighted by Crippen LogP contribution is -2.35. The summed E-state index contributed by atoms with van der Waals surface area (Å²) in [7, 11) is 3.90. The fourth-order valence-electron chi connectivity index (χ4n) is 3.51. The van der Waals surface area contributed by atoms with Gasteiger partial charge in [0, 0.05) is 18.1 Å². The van der Waals surface area contributed by atoms with Gasteiger partial charge in [0.1, 0.15) is 5.58 Å². The maximum Gasteiger partial charge on any atom is 0.290 e. The molecule has 0 N–H and O–H groups in total. The standard InChI is InChI=1S/C21H19ClN2O3/c1-23(2)10-11-24-18(13-6-4-3-5-7-13)17-19(25)15-12-14(22)8-9-16(15)27-20(17)21(24)26/h3-9,12,18H,10-11H2,1-2H3. The molecule has 1 unspecified atom stereocenters. The highest BCUT2D eigenvalue weighted by Crippen LogP contribution is 2.38. The monoisotopic (exact) mass is 382 g/mol. The summed E-state index contributed by atoms with van der Waals surface area (Å²) >= 11 is 6.07. The number of nitrogens with zero attached hydrogens (tertiary/aromatic N) is 2. The first-order valence-electron chi connectivity index (χ1n) is 8.74. The summed E-state index contributed by atoms with van der Waals surface area (Å²) in [6.07, 6.45) is 0. The van der Waals surface area contributed by atoms with Gasteiger partial charge in [-0.25, -0.2) is 0 Å². The number of likely N-dealkylation sites (N-methyl/N-ethyl adjacent to an activating group) is 1. The average molecular weight is 383 g/mol. The van der Waals surface area contributed by atoms with Crippen molar-refractivity contribution in [2.75, 3.05) is 27.2 Å². The van der Waals surface area contributed by atoms with E-state index in [0.717, 1.165) is 5.56 Å². The number of benzene rings is 2. The molecule has 0 aliphatic carbocycles. The van der Waals surface area contributed by atoms with Gasteiger partial charge in [0.25, 0.3) is 5.91 Å². The van der Waals surface area contributed by atoms with E-state index in [0.29, 0.717) is 34.6 Å². The van der Waals surface area contributed by atoms with Crippen molar-refractivity contribution < 1.29 is 9.21 Å². The summed E-state index contributed by atoms with van der Waals surface area (Å²) in [5, 5.41) is 0.851. The van der Waals surface area contributed by atoms with Crippen LogP contribution >= 0.6 is 11.6 Å². The van der Waals surface area contributed by atoms with E-state index in [1.54, 1.807) is 23.1 Å². The van der Waals surface area contributed by atoms with Crippen molar-refractivity contribution in [3.05, 3.63) is 80.7 Å². The molecule has 1 aliphatic rings. The summed E-state index contributed by atoms with van der Waals surface area (Å²) in [4.78, 5) is 30.1. The molecule has 0 spiro atoms. The van der Waals surface area contributed by atoms with Crippen LogP contribution in [0.25, 0.3) is 11.0 Å². The van der Waals surface area contributed by atoms with Gasteiger partial charge in [-0.15, -0.1) is 0 Å². The number of amides is 1. The van der Waals surface area contributed by atoms with Gasteiger partial charge in [-0.3, -0.25) is 9.59 Å². The molecular formula is C21H19ClN2O3. The van der Waals surface area contributed by atoms with Gasteiger partial charge in [-0.05, 0) is 37.9 Å². The summed E-state index contributed by atoms with van der Waals surface area (Å²) in [6.45, 7) is 1.18. The third-order valence-corrected chi connectivity index (χ3v) is 5.07. The van der Waals surface area contributed by atoms with E-state index in [1.165, 1.54) is 0 Å². The van der Waals surface area contributed by atoms with Crippen molar-refractivity contribution in [2.24, 2.45) is 0 Å². The Balaban J connectivity index is 1.95. The van der Waals surface area contributed by atoms with Gasteiger partial charge in [0.2, 0.25) is 5.76 Å². The molecule has 0 saturated heterocycles. The Kier molecular flexibility index (Phi) is 4.50. The normalized spacial score (nSPS) is 16.4. The van der Waals surface area contributed by atoms with Gasteiger partial charge in [0.05, 0.1) is 17.0 Å². The minimum Gasteiger partial charge on any atom is -0.450 e. The van der Waals surface area contributed by atoms with E-state index in [1.807, 2.05) is 49.3 Å². The molecule has 0 saturated carbocycles. The molecule has 1 aromatic heterocycles. The first-order valence-corrected chi connectivity index (χ1v) is 9.12. The Labute approximate surface area is 161 Å². The number of halogens is 1. The lowest BCUT2D eigenvalue weighted by Gasteiger charge is -2.26. The van der Waals surface area contributed by atoms with Crippen LogP contribution in [0.3, 0.4) is 0 Å². The van der Waals surface area contributed by atoms with Crippen molar-refractivity contribution in [3.8, 4) is 0 Å². The van der Waals surface area contributed by atoms with Crippen molar-refractivity contribution in [1.82, 2.24) is 9.80 Å². The largest absolute Gasteiger partial charge is 0.450 e. The second-order valence-corrected chi connectivity index (χ2v) is 7.37. The van der Waals surface area contributed by atoms with E-state index < -0.39 is 6.04 Å². The molecule has 5 nitrogen and oxygen atoms in total. The van der Waals surface area contributed by atoms with Crippen molar-refractivity contribution in [2.45, 2.75) is 6.04 Å². The Bertz CT molecular complexity index is 1080. The molecule has 3 aromatic rings. The number of fused-ring (bicyclic) bond motifs is 2. The van der Waals surface area contributed by atoms with E-state index >= 15 is 0 Å². The van der Waals surface area contributed by atoms with E-state index in [-0.39, 0.29) is 17.1 Å². The van der Waals surface area contributed by atoms with Gasteiger partial charge in [-0.1, -0.05) is 41.9 Å². The highest BCUT2D eigenvalue weighted by Gasteiger charge is 2.42. The predicted octanol–water partition coefficient (Wildman–Crippen LogP) is 3.55. The quantitative estimate of drug-likeness (QED) is 0.692. The first-order chi connectivity index (χ1) is 13.0. The number of rotatable bonds is 4. The molecule has 138 valence electrons. The van der Waals surface area contributed by atoms with Gasteiger partial charge < -0.3 is 14.2 Å². The van der Waals surface area contributed by atoms with E-state index in [9.17, 15) is 9.59 Å². The zero-order valence-electron chi connectivity index (χ0n) is 15.1. The number of carbonyl (C=O) groups excluding carboxylic acids is 1. The highest BCUT2D eigenvalue weighted by atomic mass is 35.5. The summed E-state index contributed by atoms with van der Waals surface area (Å²) in [6, 6.07) is 14.0. The van der Waals surface area contributed by atoms with Crippen LogP contribution in [0.15, 0.2) is 57.7 Å². The van der Waals surface area contributed by atoms with Crippen LogP contribution in [0.1, 0.15) is 27.7 Å². The molecule has 0 fully saturated rings. The number of carbonyl (C=O) groups is 1. The maximum atomic E-state index is 13.3. The molecule has 4 rings (SSSR count). The summed E-state index contributed by atoms with van der Waals surface area (Å²) < 4.78 is 5.88. The third-order valence-electron chi connectivity index (χ3n) is 4.83. The van der Waals surface area contributed by atoms with Crippen molar-refractivity contribution in [1.29, 1.82) is 0 Å². The van der Waals surface area contributed by atoms with Gasteiger partial charge in [-0.2, -0.15) is 0 Å². The van der Waals surface area contributed by atoms with Crippen LogP contribution in [0.5, 0.6) is 0 Å². The van der Waals surface area contributed by atoms with Crippen molar-refractivity contribution in [3.63, 3.8) is 0 Å². The Morgan fingerprint density at radius 1 is 1.11 bits per heavy atom. The molecule has 1 aliphatic heterocycles. The predicted molar refractivity (Wildman–Crippen MR) is 105 cm³/mol. The smallest absolute Gasteiger partial charge is 0.290 e. The molecule has 27 heavy (non-hydrogen) atoms. The Morgan fingerprint density at radius 3 is 2.56 bits per heavy atom. The number of hydrogen-bond donors (Lipinski definition) is 0. The van der Waals surface area contributed by atoms with Crippen LogP contribution < -0.4 is 5.43 Å². The summed E-state index contributed by atoms with van der Waals surface area (Å²) in [5.74, 6) is -0.128. The average Bonchev–Trinajstić information content (AvgIpc) is 2.94. The lowest BCUT2D eigenvalue weighted by atomic mass is 9.98. The molecule has 6 heteroatoms. The SMILES string of the molecule is CN(C)CCN1C(=O)c2oc3ccc(Cl)cc3c(=O)c2C1c1ccccc1. The van der Waals surface area contributed by atoms with Crippen LogP contribution in [0.2, 0.25) is 5.02 Å². The highest BCUT2D eigenvalue weighted by molar-refractivity contribution is 6.31.